The van der Waals surface area contributed by atoms with Crippen LogP contribution < -0.4 is 0 Å². The summed E-state index contributed by atoms with van der Waals surface area (Å²) in [4.78, 5) is 3.74. The molecule has 0 saturated carbocycles. The zero-order valence-corrected chi connectivity index (χ0v) is 12.8. The highest BCUT2D eigenvalue weighted by atomic mass is 19.2. The quantitative estimate of drug-likeness (QED) is 0.362. The summed E-state index contributed by atoms with van der Waals surface area (Å²) < 4.78 is 61.8. The van der Waals surface area contributed by atoms with Gasteiger partial charge in [-0.25, -0.2) is 22.2 Å². The Morgan fingerprint density at radius 2 is 1.83 bits per heavy atom. The van der Waals surface area contributed by atoms with Gasteiger partial charge in [0.1, 0.15) is 17.3 Å². The minimum absolute atomic E-state index is 0.148. The lowest BCUT2D eigenvalue weighted by Crippen LogP contribution is -2.11. The van der Waals surface area contributed by atoms with Gasteiger partial charge in [-0.15, -0.1) is 0 Å². The van der Waals surface area contributed by atoms with E-state index in [1.54, 1.807) is 13.0 Å². The number of halogens is 4. The highest BCUT2D eigenvalue weighted by Gasteiger charge is 2.28. The van der Waals surface area contributed by atoms with Crippen molar-refractivity contribution in [2.45, 2.75) is 20.3 Å². The van der Waals surface area contributed by atoms with Crippen molar-refractivity contribution in [3.05, 3.63) is 40.6 Å². The molecule has 0 amide bonds. The molecule has 9 heteroatoms. The summed E-state index contributed by atoms with van der Waals surface area (Å²) in [6.45, 7) is 3.29. The van der Waals surface area contributed by atoms with Crippen LogP contribution in [0.4, 0.5) is 23.4 Å². The van der Waals surface area contributed by atoms with Gasteiger partial charge in [0.05, 0.1) is 12.8 Å². The van der Waals surface area contributed by atoms with E-state index < -0.39 is 34.5 Å². The predicted molar refractivity (Wildman–Crippen MR) is 77.3 cm³/mol. The largest absolute Gasteiger partial charge is 0.483 e. The maximum atomic E-state index is 14.2. The summed E-state index contributed by atoms with van der Waals surface area (Å²) in [6.07, 6.45) is 1.68. The summed E-state index contributed by atoms with van der Waals surface area (Å²) in [5.41, 5.74) is -1.95. The first-order valence-electron chi connectivity index (χ1n) is 6.95. The molecule has 0 spiro atoms. The molecule has 24 heavy (non-hydrogen) atoms. The zero-order valence-electron chi connectivity index (χ0n) is 12.8. The van der Waals surface area contributed by atoms with Crippen molar-refractivity contribution >= 4 is 12.2 Å². The molecule has 0 fully saturated rings. The van der Waals surface area contributed by atoms with Gasteiger partial charge in [-0.2, -0.15) is 15.4 Å². The number of ether oxygens (including phenoxy) is 1. The van der Waals surface area contributed by atoms with Crippen LogP contribution in [0, 0.1) is 34.6 Å². The number of nitrogens with zero attached hydrogens (tertiary/aromatic N) is 4. The lowest BCUT2D eigenvalue weighted by Gasteiger charge is -2.12. The number of aromatic nitrogens is 2. The third-order valence-electron chi connectivity index (χ3n) is 3.18. The lowest BCUT2D eigenvalue weighted by atomic mass is 10.1. The van der Waals surface area contributed by atoms with E-state index in [-0.39, 0.29) is 24.4 Å². The fourth-order valence-corrected chi connectivity index (χ4v) is 2.03. The molecule has 0 unspecified atom stereocenters. The van der Waals surface area contributed by atoms with Crippen LogP contribution in [0.3, 0.4) is 0 Å². The minimum Gasteiger partial charge on any atom is -0.483 e. The summed E-state index contributed by atoms with van der Waals surface area (Å²) >= 11 is 0. The highest BCUT2D eigenvalue weighted by molar-refractivity contribution is 5.61. The average molecular weight is 340 g/mol. The molecule has 0 atom stereocenters. The van der Waals surface area contributed by atoms with Gasteiger partial charge in [0.15, 0.2) is 35.5 Å². The molecule has 0 radical (unpaired) electrons. The Hall–Kier alpha value is -2.89. The van der Waals surface area contributed by atoms with Crippen LogP contribution in [0.2, 0.25) is 0 Å². The fourth-order valence-electron chi connectivity index (χ4n) is 2.03. The number of hydrogen-bond acceptors (Lipinski definition) is 4. The molecule has 0 aliphatic heterocycles. The molecule has 2 rings (SSSR count). The van der Waals surface area contributed by atoms with Gasteiger partial charge in [-0.1, -0.05) is 6.92 Å². The third kappa shape index (κ3) is 2.82. The number of hydrogen-bond donors (Lipinski definition) is 0. The molecule has 0 aliphatic carbocycles. The second kappa shape index (κ2) is 7.12. The molecular formula is C15H12F4N4O. The van der Waals surface area contributed by atoms with E-state index in [4.69, 9.17) is 10.00 Å². The van der Waals surface area contributed by atoms with Gasteiger partial charge < -0.3 is 4.74 Å². The molecule has 0 N–H and O–H groups in total. The van der Waals surface area contributed by atoms with E-state index >= 15 is 0 Å². The molecule has 1 aromatic heterocycles. The number of rotatable bonds is 5. The van der Waals surface area contributed by atoms with Crippen molar-refractivity contribution < 1.29 is 22.3 Å². The van der Waals surface area contributed by atoms with Crippen LogP contribution in [0.15, 0.2) is 11.2 Å². The topological polar surface area (TPSA) is 63.2 Å². The van der Waals surface area contributed by atoms with E-state index in [2.05, 4.69) is 10.1 Å². The van der Waals surface area contributed by atoms with E-state index in [0.29, 0.717) is 4.68 Å². The predicted octanol–water partition coefficient (Wildman–Crippen LogP) is 3.56. The Kier molecular flexibility index (Phi) is 5.18. The van der Waals surface area contributed by atoms with E-state index in [1.165, 1.54) is 6.92 Å². The minimum atomic E-state index is -1.62. The van der Waals surface area contributed by atoms with Crippen molar-refractivity contribution in [2.75, 3.05) is 6.61 Å². The van der Waals surface area contributed by atoms with Crippen molar-refractivity contribution in [3.63, 3.8) is 0 Å². The second-order valence-electron chi connectivity index (χ2n) is 4.53. The molecule has 0 saturated heterocycles. The van der Waals surface area contributed by atoms with E-state index in [9.17, 15) is 17.6 Å². The van der Waals surface area contributed by atoms with Crippen LogP contribution in [0.5, 0.6) is 0 Å². The maximum absolute atomic E-state index is 14.2. The first-order chi connectivity index (χ1) is 11.5. The number of nitriles is 1. The molecular weight excluding hydrogens is 328 g/mol. The Morgan fingerprint density at radius 3 is 2.33 bits per heavy atom. The Morgan fingerprint density at radius 1 is 1.21 bits per heavy atom. The molecule has 0 aliphatic rings. The van der Waals surface area contributed by atoms with E-state index in [1.807, 2.05) is 0 Å². The third-order valence-corrected chi connectivity index (χ3v) is 3.18. The van der Waals surface area contributed by atoms with Crippen molar-refractivity contribution in [2.24, 2.45) is 4.99 Å². The SMILES string of the molecule is CCOC=Nc1c(C#N)cnn1-c1c(F)c(F)c(CC)c(F)c1F. The fraction of sp³-hybridized carbons (Fsp3) is 0.267. The summed E-state index contributed by atoms with van der Waals surface area (Å²) in [5, 5.41) is 12.6. The van der Waals surface area contributed by atoms with Crippen LogP contribution in [0.1, 0.15) is 25.0 Å². The monoisotopic (exact) mass is 340 g/mol. The molecule has 126 valence electrons. The van der Waals surface area contributed by atoms with Gasteiger partial charge in [-0.05, 0) is 13.3 Å². The normalized spacial score (nSPS) is 11.0. The average Bonchev–Trinajstić information content (AvgIpc) is 2.97. The Labute approximate surface area is 134 Å². The summed E-state index contributed by atoms with van der Waals surface area (Å²) in [7, 11) is 0. The smallest absolute Gasteiger partial charge is 0.188 e. The zero-order chi connectivity index (χ0) is 17.9. The first-order valence-corrected chi connectivity index (χ1v) is 6.95. The molecule has 5 nitrogen and oxygen atoms in total. The maximum Gasteiger partial charge on any atom is 0.188 e. The molecule has 0 bridgehead atoms. The van der Waals surface area contributed by atoms with Crippen LogP contribution in [0.25, 0.3) is 5.69 Å². The van der Waals surface area contributed by atoms with Gasteiger partial charge in [-0.3, -0.25) is 0 Å². The molecule has 1 heterocycles. The van der Waals surface area contributed by atoms with Crippen molar-refractivity contribution in [3.8, 4) is 11.8 Å². The lowest BCUT2D eigenvalue weighted by molar-refractivity contribution is 0.343. The summed E-state index contributed by atoms with van der Waals surface area (Å²) in [5.74, 6) is -6.58. The Balaban J connectivity index is 2.74. The standard InChI is InChI=1S/C15H12F4N4O/c1-3-9-10(16)12(18)14(13(19)11(9)17)23-15(21-7-24-4-2)8(5-20)6-22-23/h6-7H,3-4H2,1-2H3. The molecule has 2 aromatic rings. The van der Waals surface area contributed by atoms with Crippen LogP contribution >= 0.6 is 0 Å². The van der Waals surface area contributed by atoms with E-state index in [0.717, 1.165) is 12.6 Å². The number of aliphatic imine (C=N–C) groups is 1. The molecule has 1 aromatic carbocycles. The van der Waals surface area contributed by atoms with Gasteiger partial charge in [0, 0.05) is 5.56 Å². The van der Waals surface area contributed by atoms with Crippen LogP contribution in [-0.4, -0.2) is 22.8 Å². The van der Waals surface area contributed by atoms with Crippen molar-refractivity contribution in [1.29, 1.82) is 5.26 Å². The van der Waals surface area contributed by atoms with Gasteiger partial charge in [0.2, 0.25) is 0 Å². The highest BCUT2D eigenvalue weighted by Crippen LogP contribution is 2.31. The van der Waals surface area contributed by atoms with Gasteiger partial charge >= 0.3 is 0 Å². The Bertz CT molecular complexity index is 810. The second-order valence-corrected chi connectivity index (χ2v) is 4.53. The van der Waals surface area contributed by atoms with Crippen molar-refractivity contribution in [1.82, 2.24) is 9.78 Å². The van der Waals surface area contributed by atoms with Gasteiger partial charge in [0.25, 0.3) is 0 Å². The first kappa shape index (κ1) is 17.5. The number of benzene rings is 1. The summed E-state index contributed by atoms with van der Waals surface area (Å²) in [6, 6.07) is 1.72. The van der Waals surface area contributed by atoms with Crippen LogP contribution in [-0.2, 0) is 11.2 Å².